The summed E-state index contributed by atoms with van der Waals surface area (Å²) in [7, 11) is 5.21. The summed E-state index contributed by atoms with van der Waals surface area (Å²) in [6.45, 7) is 6.06. The van der Waals surface area contributed by atoms with E-state index in [1.165, 1.54) is 16.9 Å². The molecule has 14 heteroatoms. The number of aryl methyl sites for hydroxylation is 2. The Kier molecular flexibility index (Phi) is 12.7. The number of H-pyrrole nitrogens is 1. The van der Waals surface area contributed by atoms with Crippen molar-refractivity contribution in [2.24, 2.45) is 0 Å². The average Bonchev–Trinajstić information content (AvgIpc) is 3.79. The molecule has 0 atom stereocenters. The molecular weight excluding hydrogens is 763 g/mol. The summed E-state index contributed by atoms with van der Waals surface area (Å²) < 4.78 is 12.2. The molecule has 4 aromatic carbocycles. The van der Waals surface area contributed by atoms with Crippen molar-refractivity contribution < 1.29 is 33.4 Å². The number of imidazole rings is 1. The minimum absolute atomic E-state index is 0.199. The van der Waals surface area contributed by atoms with Crippen LogP contribution in [0.15, 0.2) is 78.5 Å². The first-order chi connectivity index (χ1) is 29.1. The zero-order chi connectivity index (χ0) is 42.3. The van der Waals surface area contributed by atoms with Gasteiger partial charge in [-0.3, -0.25) is 24.1 Å². The summed E-state index contributed by atoms with van der Waals surface area (Å²) in [5.74, 6) is 2.66. The van der Waals surface area contributed by atoms with Gasteiger partial charge in [0.15, 0.2) is 5.75 Å². The van der Waals surface area contributed by atoms with Crippen LogP contribution in [0.4, 0.5) is 11.4 Å². The van der Waals surface area contributed by atoms with Crippen molar-refractivity contribution >= 4 is 52.5 Å². The van der Waals surface area contributed by atoms with Gasteiger partial charge in [-0.05, 0) is 87.7 Å². The number of ether oxygens (including phenoxy) is 2. The molecule has 2 aliphatic rings. The molecule has 2 N–H and O–H groups in total. The van der Waals surface area contributed by atoms with E-state index in [9.17, 15) is 24.0 Å². The Labute approximate surface area is 348 Å². The first-order valence-corrected chi connectivity index (χ1v) is 20.2. The number of benzene rings is 4. The Morgan fingerprint density at radius 2 is 1.67 bits per heavy atom. The number of piperazine rings is 1. The molecule has 0 saturated carbocycles. The number of allylic oxidation sites excluding steroid dienone is 1. The van der Waals surface area contributed by atoms with Crippen LogP contribution in [0.1, 0.15) is 68.1 Å². The topological polar surface area (TPSA) is 157 Å². The van der Waals surface area contributed by atoms with Gasteiger partial charge in [-0.25, -0.2) is 9.78 Å². The fraction of sp³-hybridized carbons (Fsp3) is 0.326. The van der Waals surface area contributed by atoms with Gasteiger partial charge in [0.1, 0.15) is 17.5 Å². The Morgan fingerprint density at radius 1 is 0.933 bits per heavy atom. The Balaban J connectivity index is 1.06. The molecule has 7 rings (SSSR count). The Morgan fingerprint density at radius 3 is 2.37 bits per heavy atom. The van der Waals surface area contributed by atoms with Crippen molar-refractivity contribution in [1.29, 1.82) is 0 Å². The van der Waals surface area contributed by atoms with Gasteiger partial charge in [-0.1, -0.05) is 30.3 Å². The Bertz CT molecular complexity index is 2450. The number of amides is 4. The standard InChI is InChI=1S/C46H49N7O7/c1-30-17-20-38(39(27-30)60-26-8-7-11-31(28-54)52-24-22-50(2)23-25-52)51(3)44(56)36-19-18-33(43(59-4)42(36)47-29-55)32-14-9-15-37-41(32)49-40(48-37)16-10-21-53-45(57)34-12-5-6-13-35(34)46(53)58/h5-6,9,12-15,17-20,27,29H,7-8,10-11,16,21-26H2,1-4H3,(H,47,55)(H,48,49). The van der Waals surface area contributed by atoms with E-state index in [4.69, 9.17) is 14.5 Å². The number of unbranched alkanes of at least 4 members (excludes halogenated alkanes) is 1. The fourth-order valence-corrected chi connectivity index (χ4v) is 7.88. The molecule has 310 valence electrons. The molecule has 1 saturated heterocycles. The zero-order valence-electron chi connectivity index (χ0n) is 34.4. The van der Waals surface area contributed by atoms with Gasteiger partial charge >= 0.3 is 0 Å². The molecule has 14 nitrogen and oxygen atoms in total. The number of hydrogen-bond acceptors (Lipinski definition) is 10. The van der Waals surface area contributed by atoms with Gasteiger partial charge in [0.2, 0.25) is 6.41 Å². The highest BCUT2D eigenvalue weighted by Gasteiger charge is 2.34. The van der Waals surface area contributed by atoms with Crippen molar-refractivity contribution in [3.8, 4) is 22.6 Å². The molecule has 0 bridgehead atoms. The number of imide groups is 1. The van der Waals surface area contributed by atoms with Crippen molar-refractivity contribution in [3.63, 3.8) is 0 Å². The number of likely N-dealkylation sites (N-methyl/N-ethyl adjacent to an activating group) is 1. The van der Waals surface area contributed by atoms with E-state index in [2.05, 4.69) is 33.1 Å². The molecule has 1 fully saturated rings. The number of anilines is 2. The van der Waals surface area contributed by atoms with E-state index in [1.54, 1.807) is 43.4 Å². The summed E-state index contributed by atoms with van der Waals surface area (Å²) in [6.07, 6.45) is 3.58. The van der Waals surface area contributed by atoms with E-state index >= 15 is 0 Å². The summed E-state index contributed by atoms with van der Waals surface area (Å²) in [4.78, 5) is 79.2. The lowest BCUT2D eigenvalue weighted by Crippen LogP contribution is -2.44. The highest BCUT2D eigenvalue weighted by atomic mass is 16.5. The van der Waals surface area contributed by atoms with Gasteiger partial charge in [-0.15, -0.1) is 0 Å². The van der Waals surface area contributed by atoms with Crippen LogP contribution < -0.4 is 19.7 Å². The number of hydrogen-bond donors (Lipinski definition) is 2. The zero-order valence-corrected chi connectivity index (χ0v) is 34.4. The maximum absolute atomic E-state index is 14.3. The maximum atomic E-state index is 14.3. The number of nitrogens with zero attached hydrogens (tertiary/aromatic N) is 5. The van der Waals surface area contributed by atoms with Crippen LogP contribution in [-0.2, 0) is 16.0 Å². The second-order valence-electron chi connectivity index (χ2n) is 15.1. The molecule has 2 aliphatic heterocycles. The first kappa shape index (κ1) is 41.4. The van der Waals surface area contributed by atoms with Gasteiger partial charge in [0.05, 0.1) is 58.5 Å². The highest BCUT2D eigenvalue weighted by Crippen LogP contribution is 2.42. The lowest BCUT2D eigenvalue weighted by Gasteiger charge is -2.34. The number of fused-ring (bicyclic) bond motifs is 2. The van der Waals surface area contributed by atoms with Gasteiger partial charge in [-0.2, -0.15) is 0 Å². The van der Waals surface area contributed by atoms with Crippen LogP contribution in [0.25, 0.3) is 22.2 Å². The molecule has 0 spiro atoms. The number of carbonyl (C=O) groups is 4. The molecule has 1 aromatic heterocycles. The second-order valence-corrected chi connectivity index (χ2v) is 15.1. The number of para-hydroxylation sites is 1. The minimum atomic E-state index is -0.399. The van der Waals surface area contributed by atoms with Crippen LogP contribution in [0, 0.1) is 6.92 Å². The van der Waals surface area contributed by atoms with E-state index < -0.39 is 5.91 Å². The number of methoxy groups -OCH3 is 1. The van der Waals surface area contributed by atoms with E-state index in [1.807, 2.05) is 43.3 Å². The molecule has 5 aromatic rings. The second kappa shape index (κ2) is 18.4. The number of nitrogens with one attached hydrogen (secondary N) is 2. The third-order valence-corrected chi connectivity index (χ3v) is 11.2. The maximum Gasteiger partial charge on any atom is 0.261 e. The number of carbonyl (C=O) groups excluding carboxylic acids is 5. The smallest absolute Gasteiger partial charge is 0.261 e. The van der Waals surface area contributed by atoms with E-state index in [0.29, 0.717) is 89.4 Å². The quantitative estimate of drug-likeness (QED) is 0.0485. The van der Waals surface area contributed by atoms with Crippen molar-refractivity contribution in [2.75, 3.05) is 70.8 Å². The van der Waals surface area contributed by atoms with Crippen molar-refractivity contribution in [1.82, 2.24) is 24.7 Å². The van der Waals surface area contributed by atoms with Crippen LogP contribution in [0.5, 0.6) is 11.5 Å². The molecule has 3 heterocycles. The van der Waals surface area contributed by atoms with Crippen molar-refractivity contribution in [2.45, 2.75) is 39.0 Å². The highest BCUT2D eigenvalue weighted by molar-refractivity contribution is 6.21. The predicted molar refractivity (Wildman–Crippen MR) is 229 cm³/mol. The molecule has 0 unspecified atom stereocenters. The summed E-state index contributed by atoms with van der Waals surface area (Å²) in [6, 6.07) is 21.6. The van der Waals surface area contributed by atoms with E-state index in [-0.39, 0.29) is 35.4 Å². The van der Waals surface area contributed by atoms with Crippen LogP contribution in [0.2, 0.25) is 0 Å². The largest absolute Gasteiger partial charge is 0.494 e. The first-order valence-electron chi connectivity index (χ1n) is 20.2. The monoisotopic (exact) mass is 811 g/mol. The SMILES string of the molecule is COc1c(-c2cccc3[nH]c(CCCN4C(=O)c5ccccc5C4=O)nc23)ccc(C(=O)N(C)c2ccc(C)cc2OCCCCC(=C=O)N2CCN(C)CC2)c1NC=O. The minimum Gasteiger partial charge on any atom is -0.494 e. The van der Waals surface area contributed by atoms with E-state index in [0.717, 1.165) is 43.7 Å². The molecule has 0 aliphatic carbocycles. The third-order valence-electron chi connectivity index (χ3n) is 11.2. The van der Waals surface area contributed by atoms with Crippen LogP contribution in [0.3, 0.4) is 0 Å². The molecule has 0 radical (unpaired) electrons. The third kappa shape index (κ3) is 8.52. The molecule has 60 heavy (non-hydrogen) atoms. The van der Waals surface area contributed by atoms with Crippen LogP contribution in [-0.4, -0.2) is 115 Å². The summed E-state index contributed by atoms with van der Waals surface area (Å²) in [5, 5.41) is 2.72. The molecule has 4 amide bonds. The molecular formula is C46H49N7O7. The van der Waals surface area contributed by atoms with Gasteiger partial charge in [0, 0.05) is 57.3 Å². The summed E-state index contributed by atoms with van der Waals surface area (Å²) >= 11 is 0. The number of rotatable bonds is 17. The Hall–Kier alpha value is -6.76. The van der Waals surface area contributed by atoms with Gasteiger partial charge in [0.25, 0.3) is 17.7 Å². The lowest BCUT2D eigenvalue weighted by molar-refractivity contribution is -0.105. The van der Waals surface area contributed by atoms with Crippen molar-refractivity contribution in [3.05, 3.63) is 107 Å². The fourth-order valence-electron chi connectivity index (χ4n) is 7.88. The average molecular weight is 812 g/mol. The normalized spacial score (nSPS) is 13.9. The lowest BCUT2D eigenvalue weighted by atomic mass is 9.98. The number of aromatic nitrogens is 2. The number of aromatic amines is 1. The van der Waals surface area contributed by atoms with Gasteiger partial charge < -0.3 is 34.5 Å². The summed E-state index contributed by atoms with van der Waals surface area (Å²) in [5.41, 5.74) is 6.19. The predicted octanol–water partition coefficient (Wildman–Crippen LogP) is 6.13. The van der Waals surface area contributed by atoms with Crippen LogP contribution >= 0.6 is 0 Å².